The summed E-state index contributed by atoms with van der Waals surface area (Å²) < 4.78 is 21.7. The quantitative estimate of drug-likeness (QED) is 0.433. The van der Waals surface area contributed by atoms with Gasteiger partial charge in [-0.05, 0) is 66.4 Å². The summed E-state index contributed by atoms with van der Waals surface area (Å²) >= 11 is 5.96. The number of hydrogen-bond acceptors (Lipinski definition) is 1. The van der Waals surface area contributed by atoms with Gasteiger partial charge in [0.15, 0.2) is 5.67 Å². The van der Waals surface area contributed by atoms with Gasteiger partial charge in [-0.3, -0.25) is 0 Å². The fraction of sp³-hybridized carbons (Fsp3) is 0.167. The molecule has 0 aliphatic heterocycles. The van der Waals surface area contributed by atoms with Crippen LogP contribution in [0.15, 0.2) is 84.9 Å². The molecule has 1 aliphatic carbocycles. The number of hydrogen-bond donors (Lipinski definition) is 0. The molecule has 3 heteroatoms. The summed E-state index contributed by atoms with van der Waals surface area (Å²) in [5.41, 5.74) is 0.0864. The fourth-order valence-corrected chi connectivity index (χ4v) is 3.33. The van der Waals surface area contributed by atoms with E-state index in [1.165, 1.54) is 0 Å². The minimum atomic E-state index is -1.47. The molecule has 0 aromatic heterocycles. The Bertz CT molecular complexity index is 932. The zero-order valence-electron chi connectivity index (χ0n) is 14.8. The van der Waals surface area contributed by atoms with E-state index in [0.717, 1.165) is 29.9 Å². The molecule has 0 N–H and O–H groups in total. The average molecular weight is 379 g/mol. The van der Waals surface area contributed by atoms with Crippen LogP contribution in [0.2, 0.25) is 5.02 Å². The third-order valence-electron chi connectivity index (χ3n) is 4.81. The monoisotopic (exact) mass is 378 g/mol. The van der Waals surface area contributed by atoms with Crippen molar-refractivity contribution in [2.24, 2.45) is 5.92 Å². The molecule has 0 bridgehead atoms. The number of para-hydroxylation sites is 1. The number of alkyl halides is 1. The molecule has 0 amide bonds. The molecule has 0 saturated heterocycles. The Morgan fingerprint density at radius 1 is 0.889 bits per heavy atom. The molecule has 27 heavy (non-hydrogen) atoms. The fourth-order valence-electron chi connectivity index (χ4n) is 3.20. The lowest BCUT2D eigenvalue weighted by atomic mass is 9.89. The van der Waals surface area contributed by atoms with Gasteiger partial charge >= 0.3 is 0 Å². The topological polar surface area (TPSA) is 9.23 Å². The molecule has 1 fully saturated rings. The molecule has 0 radical (unpaired) electrons. The maximum Gasteiger partial charge on any atom is 0.157 e. The van der Waals surface area contributed by atoms with Crippen LogP contribution in [0.25, 0.3) is 6.08 Å². The van der Waals surface area contributed by atoms with E-state index in [0.29, 0.717) is 10.6 Å². The van der Waals surface area contributed by atoms with Crippen LogP contribution in [-0.4, -0.2) is 0 Å². The lowest BCUT2D eigenvalue weighted by Gasteiger charge is -2.22. The van der Waals surface area contributed by atoms with E-state index in [2.05, 4.69) is 0 Å². The van der Waals surface area contributed by atoms with Crippen LogP contribution in [0.5, 0.6) is 11.5 Å². The van der Waals surface area contributed by atoms with Crippen molar-refractivity contribution in [1.82, 2.24) is 0 Å². The van der Waals surface area contributed by atoms with Crippen molar-refractivity contribution >= 4 is 17.7 Å². The highest BCUT2D eigenvalue weighted by Crippen LogP contribution is 2.50. The van der Waals surface area contributed by atoms with E-state index in [1.54, 1.807) is 30.3 Å². The Hall–Kier alpha value is -2.58. The van der Waals surface area contributed by atoms with Gasteiger partial charge in [0, 0.05) is 10.9 Å². The molecule has 0 heterocycles. The van der Waals surface area contributed by atoms with Gasteiger partial charge in [-0.1, -0.05) is 60.1 Å². The SMILES string of the molecule is FC(C=Cc1cccc(Oc2ccccc2)c1)(c1ccc(Cl)cc1)C1CC1. The van der Waals surface area contributed by atoms with Gasteiger partial charge < -0.3 is 4.74 Å². The zero-order chi connectivity index (χ0) is 18.7. The molecule has 1 atom stereocenters. The molecule has 1 aliphatic rings. The first-order valence-corrected chi connectivity index (χ1v) is 9.48. The van der Waals surface area contributed by atoms with Crippen LogP contribution in [0.3, 0.4) is 0 Å². The van der Waals surface area contributed by atoms with Crippen molar-refractivity contribution in [2.45, 2.75) is 18.5 Å². The van der Waals surface area contributed by atoms with Crippen LogP contribution in [0.4, 0.5) is 4.39 Å². The number of halogens is 2. The van der Waals surface area contributed by atoms with Gasteiger partial charge in [0.1, 0.15) is 11.5 Å². The van der Waals surface area contributed by atoms with Gasteiger partial charge in [0.05, 0.1) is 0 Å². The number of benzene rings is 3. The zero-order valence-corrected chi connectivity index (χ0v) is 15.6. The number of allylic oxidation sites excluding steroid dienone is 1. The lowest BCUT2D eigenvalue weighted by molar-refractivity contribution is 0.199. The van der Waals surface area contributed by atoms with Gasteiger partial charge in [0.25, 0.3) is 0 Å². The van der Waals surface area contributed by atoms with Crippen molar-refractivity contribution in [3.05, 3.63) is 101 Å². The predicted octanol–water partition coefficient (Wildman–Crippen LogP) is 7.42. The average Bonchev–Trinajstić information content (AvgIpc) is 3.54. The second-order valence-electron chi connectivity index (χ2n) is 6.87. The first kappa shape index (κ1) is 17.8. The van der Waals surface area contributed by atoms with Crippen LogP contribution < -0.4 is 4.74 Å². The Balaban J connectivity index is 1.57. The maximum absolute atomic E-state index is 15.8. The Labute approximate surface area is 164 Å². The summed E-state index contributed by atoms with van der Waals surface area (Å²) in [6.07, 6.45) is 5.32. The molecule has 1 nitrogen and oxygen atoms in total. The van der Waals surface area contributed by atoms with E-state index in [-0.39, 0.29) is 5.92 Å². The highest BCUT2D eigenvalue weighted by atomic mass is 35.5. The lowest BCUT2D eigenvalue weighted by Crippen LogP contribution is -2.19. The highest BCUT2D eigenvalue weighted by molar-refractivity contribution is 6.30. The summed E-state index contributed by atoms with van der Waals surface area (Å²) in [6, 6.07) is 24.3. The van der Waals surface area contributed by atoms with Crippen molar-refractivity contribution in [2.75, 3.05) is 0 Å². The minimum absolute atomic E-state index is 0.0266. The van der Waals surface area contributed by atoms with E-state index < -0.39 is 5.67 Å². The summed E-state index contributed by atoms with van der Waals surface area (Å²) in [7, 11) is 0. The summed E-state index contributed by atoms with van der Waals surface area (Å²) in [4.78, 5) is 0. The van der Waals surface area contributed by atoms with Crippen LogP contribution in [0.1, 0.15) is 24.0 Å². The molecule has 4 rings (SSSR count). The van der Waals surface area contributed by atoms with Gasteiger partial charge in [-0.15, -0.1) is 0 Å². The van der Waals surface area contributed by atoms with Gasteiger partial charge in [-0.25, -0.2) is 4.39 Å². The largest absolute Gasteiger partial charge is 0.457 e. The van der Waals surface area contributed by atoms with Crippen LogP contribution in [-0.2, 0) is 5.67 Å². The molecule has 0 spiro atoms. The second-order valence-corrected chi connectivity index (χ2v) is 7.31. The Kier molecular flexibility index (Phi) is 5.00. The first-order chi connectivity index (χ1) is 13.1. The van der Waals surface area contributed by atoms with Crippen LogP contribution in [0, 0.1) is 5.92 Å². The summed E-state index contributed by atoms with van der Waals surface area (Å²) in [6.45, 7) is 0. The van der Waals surface area contributed by atoms with Crippen molar-refractivity contribution in [3.63, 3.8) is 0 Å². The molecular formula is C24H20ClFO. The third kappa shape index (κ3) is 4.23. The number of rotatable bonds is 6. The van der Waals surface area contributed by atoms with Gasteiger partial charge in [-0.2, -0.15) is 0 Å². The highest BCUT2D eigenvalue weighted by Gasteiger charge is 2.45. The molecular weight excluding hydrogens is 359 g/mol. The van der Waals surface area contributed by atoms with E-state index >= 15 is 4.39 Å². The molecule has 1 saturated carbocycles. The molecule has 1 unspecified atom stereocenters. The van der Waals surface area contributed by atoms with Crippen molar-refractivity contribution in [1.29, 1.82) is 0 Å². The summed E-state index contributed by atoms with van der Waals surface area (Å²) in [5, 5.41) is 0.617. The third-order valence-corrected chi connectivity index (χ3v) is 5.07. The van der Waals surface area contributed by atoms with Crippen LogP contribution >= 0.6 is 11.6 Å². The second kappa shape index (κ2) is 7.58. The first-order valence-electron chi connectivity index (χ1n) is 9.11. The molecule has 3 aromatic carbocycles. The van der Waals surface area contributed by atoms with Crippen molar-refractivity contribution in [3.8, 4) is 11.5 Å². The van der Waals surface area contributed by atoms with Crippen molar-refractivity contribution < 1.29 is 9.13 Å². The summed E-state index contributed by atoms with van der Waals surface area (Å²) in [5.74, 6) is 1.53. The smallest absolute Gasteiger partial charge is 0.157 e. The molecule has 3 aromatic rings. The maximum atomic E-state index is 15.8. The van der Waals surface area contributed by atoms with E-state index in [4.69, 9.17) is 16.3 Å². The molecule has 136 valence electrons. The normalized spacial score (nSPS) is 16.2. The van der Waals surface area contributed by atoms with E-state index in [9.17, 15) is 0 Å². The Morgan fingerprint density at radius 3 is 2.30 bits per heavy atom. The number of ether oxygens (including phenoxy) is 1. The predicted molar refractivity (Wildman–Crippen MR) is 109 cm³/mol. The van der Waals surface area contributed by atoms with Gasteiger partial charge in [0.2, 0.25) is 0 Å². The standard InChI is InChI=1S/C24H20ClFO/c25-21-13-11-20(12-14-21)24(26,19-9-10-19)16-15-18-5-4-8-23(17-18)27-22-6-2-1-3-7-22/h1-8,11-17,19H,9-10H2. The Morgan fingerprint density at radius 2 is 1.59 bits per heavy atom. The van der Waals surface area contributed by atoms with E-state index in [1.807, 2.05) is 60.7 Å². The minimum Gasteiger partial charge on any atom is -0.457 e.